The molecular weight excluding hydrogens is 392 g/mol. The second-order valence-corrected chi connectivity index (χ2v) is 7.55. The van der Waals surface area contributed by atoms with Gasteiger partial charge in [0.2, 0.25) is 0 Å². The van der Waals surface area contributed by atoms with E-state index in [0.29, 0.717) is 26.5 Å². The molecule has 0 aliphatic heterocycles. The predicted molar refractivity (Wildman–Crippen MR) is 111 cm³/mol. The van der Waals surface area contributed by atoms with Crippen molar-refractivity contribution < 1.29 is 19.4 Å². The molecule has 29 heavy (non-hydrogen) atoms. The van der Waals surface area contributed by atoms with Crippen LogP contribution < -0.4 is 5.32 Å². The first-order valence-electron chi connectivity index (χ1n) is 8.86. The van der Waals surface area contributed by atoms with Crippen LogP contribution in [0.2, 0.25) is 0 Å². The fourth-order valence-corrected chi connectivity index (χ4v) is 4.42. The standard InChI is InChI=1S/C20H18N4O4S/c1-10-15-17(22-9-23-18(15)29-16(10)20(27)28-2)24-14(19(25)26)7-11-8-21-13-6-4-3-5-12(11)13/h3-6,8-9,14,21H,7H2,1-2H3,(H,25,26)(H,22,23,24). The summed E-state index contributed by atoms with van der Waals surface area (Å²) in [5.41, 5.74) is 2.51. The second kappa shape index (κ2) is 7.51. The SMILES string of the molecule is COC(=O)c1sc2ncnc(NC(Cc3c[nH]c4ccccc34)C(=O)O)c2c1C. The molecule has 0 saturated carbocycles. The van der Waals surface area contributed by atoms with Crippen molar-refractivity contribution >= 4 is 50.2 Å². The maximum atomic E-state index is 12.0. The molecule has 0 saturated heterocycles. The molecule has 1 unspecified atom stereocenters. The van der Waals surface area contributed by atoms with Crippen molar-refractivity contribution in [2.24, 2.45) is 0 Å². The molecule has 1 aromatic carbocycles. The maximum absolute atomic E-state index is 12.0. The Morgan fingerprint density at radius 1 is 1.31 bits per heavy atom. The Bertz CT molecular complexity index is 1230. The summed E-state index contributed by atoms with van der Waals surface area (Å²) in [4.78, 5) is 36.6. The maximum Gasteiger partial charge on any atom is 0.348 e. The number of aryl methyl sites for hydroxylation is 1. The lowest BCUT2D eigenvalue weighted by molar-refractivity contribution is -0.137. The number of methoxy groups -OCH3 is 1. The van der Waals surface area contributed by atoms with Crippen LogP contribution in [0, 0.1) is 6.92 Å². The number of carboxylic acid groups (broad SMARTS) is 1. The molecule has 0 aliphatic carbocycles. The fourth-order valence-electron chi connectivity index (χ4n) is 3.35. The number of carbonyl (C=O) groups is 2. The number of nitrogens with zero attached hydrogens (tertiary/aromatic N) is 2. The summed E-state index contributed by atoms with van der Waals surface area (Å²) in [6, 6.07) is 6.83. The van der Waals surface area contributed by atoms with Crippen LogP contribution in [0.25, 0.3) is 21.1 Å². The minimum Gasteiger partial charge on any atom is -0.480 e. The number of fused-ring (bicyclic) bond motifs is 2. The number of benzene rings is 1. The van der Waals surface area contributed by atoms with Crippen LogP contribution in [0.3, 0.4) is 0 Å². The molecule has 0 amide bonds. The van der Waals surface area contributed by atoms with Gasteiger partial charge in [0, 0.05) is 23.5 Å². The van der Waals surface area contributed by atoms with Crippen molar-refractivity contribution in [2.45, 2.75) is 19.4 Å². The number of carboxylic acids is 1. The molecular formula is C20H18N4O4S. The number of anilines is 1. The Morgan fingerprint density at radius 2 is 2.10 bits per heavy atom. The zero-order valence-corrected chi connectivity index (χ0v) is 16.5. The van der Waals surface area contributed by atoms with E-state index in [4.69, 9.17) is 4.74 Å². The number of aliphatic carboxylic acids is 1. The highest BCUT2D eigenvalue weighted by Gasteiger charge is 2.24. The number of nitrogens with one attached hydrogen (secondary N) is 2. The van der Waals surface area contributed by atoms with E-state index in [2.05, 4.69) is 20.3 Å². The van der Waals surface area contributed by atoms with Crippen molar-refractivity contribution in [3.63, 3.8) is 0 Å². The van der Waals surface area contributed by atoms with E-state index in [0.717, 1.165) is 16.5 Å². The van der Waals surface area contributed by atoms with Crippen molar-refractivity contribution in [3.05, 3.63) is 52.8 Å². The van der Waals surface area contributed by atoms with Crippen LogP contribution in [0.5, 0.6) is 0 Å². The largest absolute Gasteiger partial charge is 0.480 e. The lowest BCUT2D eigenvalue weighted by atomic mass is 10.0. The van der Waals surface area contributed by atoms with Gasteiger partial charge in [0.1, 0.15) is 27.9 Å². The molecule has 3 heterocycles. The summed E-state index contributed by atoms with van der Waals surface area (Å²) in [5.74, 6) is -1.07. The number of rotatable bonds is 6. The average molecular weight is 410 g/mol. The Labute approximate surface area is 169 Å². The molecule has 4 rings (SSSR count). The van der Waals surface area contributed by atoms with Gasteiger partial charge in [-0.25, -0.2) is 19.6 Å². The third kappa shape index (κ3) is 3.40. The smallest absolute Gasteiger partial charge is 0.348 e. The average Bonchev–Trinajstić information content (AvgIpc) is 3.28. The third-order valence-corrected chi connectivity index (χ3v) is 5.99. The van der Waals surface area contributed by atoms with E-state index in [9.17, 15) is 14.7 Å². The highest BCUT2D eigenvalue weighted by atomic mass is 32.1. The van der Waals surface area contributed by atoms with Crippen molar-refractivity contribution in [3.8, 4) is 0 Å². The van der Waals surface area contributed by atoms with E-state index in [1.807, 2.05) is 30.5 Å². The fraction of sp³-hybridized carbons (Fsp3) is 0.200. The number of aromatic amines is 1. The Hall–Kier alpha value is -3.46. The van der Waals surface area contributed by atoms with Gasteiger partial charge in [-0.1, -0.05) is 18.2 Å². The molecule has 9 heteroatoms. The minimum atomic E-state index is -0.997. The number of carbonyl (C=O) groups excluding carboxylic acids is 1. The van der Waals surface area contributed by atoms with Crippen LogP contribution in [0.4, 0.5) is 5.82 Å². The molecule has 4 aromatic rings. The molecule has 0 radical (unpaired) electrons. The lowest BCUT2D eigenvalue weighted by Crippen LogP contribution is -2.32. The van der Waals surface area contributed by atoms with Gasteiger partial charge in [-0.15, -0.1) is 11.3 Å². The summed E-state index contributed by atoms with van der Waals surface area (Å²) in [6.07, 6.45) is 3.44. The molecule has 0 bridgehead atoms. The van der Waals surface area contributed by atoms with Gasteiger partial charge in [-0.2, -0.15) is 0 Å². The molecule has 8 nitrogen and oxygen atoms in total. The van der Waals surface area contributed by atoms with Gasteiger partial charge in [-0.05, 0) is 24.1 Å². The number of esters is 1. The Balaban J connectivity index is 1.70. The Morgan fingerprint density at radius 3 is 2.86 bits per heavy atom. The summed E-state index contributed by atoms with van der Waals surface area (Å²) in [5, 5.41) is 14.4. The summed E-state index contributed by atoms with van der Waals surface area (Å²) < 4.78 is 4.82. The van der Waals surface area contributed by atoms with Crippen LogP contribution in [0.1, 0.15) is 20.8 Å². The number of ether oxygens (including phenoxy) is 1. The molecule has 148 valence electrons. The van der Waals surface area contributed by atoms with Crippen LogP contribution in [-0.2, 0) is 16.0 Å². The molecule has 0 fully saturated rings. The van der Waals surface area contributed by atoms with Gasteiger partial charge in [-0.3, -0.25) is 0 Å². The monoisotopic (exact) mass is 410 g/mol. The van der Waals surface area contributed by atoms with E-state index in [1.54, 1.807) is 6.92 Å². The first kappa shape index (κ1) is 18.9. The lowest BCUT2D eigenvalue weighted by Gasteiger charge is -2.15. The predicted octanol–water partition coefficient (Wildman–Crippen LogP) is 3.38. The minimum absolute atomic E-state index is 0.262. The Kier molecular flexibility index (Phi) is 4.89. The summed E-state index contributed by atoms with van der Waals surface area (Å²) in [6.45, 7) is 1.77. The van der Waals surface area contributed by atoms with E-state index >= 15 is 0 Å². The van der Waals surface area contributed by atoms with E-state index < -0.39 is 18.0 Å². The molecule has 0 aliphatic rings. The molecule has 0 spiro atoms. The molecule has 1 atom stereocenters. The zero-order valence-electron chi connectivity index (χ0n) is 15.7. The normalized spacial score (nSPS) is 12.2. The van der Waals surface area contributed by atoms with Crippen molar-refractivity contribution in [1.29, 1.82) is 0 Å². The van der Waals surface area contributed by atoms with Crippen LogP contribution in [-0.4, -0.2) is 45.1 Å². The van der Waals surface area contributed by atoms with E-state index in [1.165, 1.54) is 24.8 Å². The van der Waals surface area contributed by atoms with Crippen LogP contribution in [0.15, 0.2) is 36.8 Å². The number of aromatic nitrogens is 3. The van der Waals surface area contributed by atoms with Crippen molar-refractivity contribution in [1.82, 2.24) is 15.0 Å². The van der Waals surface area contributed by atoms with Gasteiger partial charge in [0.05, 0.1) is 12.5 Å². The van der Waals surface area contributed by atoms with E-state index in [-0.39, 0.29) is 6.42 Å². The molecule has 3 aromatic heterocycles. The number of para-hydroxylation sites is 1. The van der Waals surface area contributed by atoms with Crippen LogP contribution >= 0.6 is 11.3 Å². The van der Waals surface area contributed by atoms with Gasteiger partial charge < -0.3 is 20.1 Å². The highest BCUT2D eigenvalue weighted by Crippen LogP contribution is 2.34. The second-order valence-electron chi connectivity index (χ2n) is 6.55. The first-order chi connectivity index (χ1) is 14.0. The quantitative estimate of drug-likeness (QED) is 0.417. The number of thiophene rings is 1. The summed E-state index contributed by atoms with van der Waals surface area (Å²) in [7, 11) is 1.32. The van der Waals surface area contributed by atoms with Crippen molar-refractivity contribution in [2.75, 3.05) is 12.4 Å². The summed E-state index contributed by atoms with van der Waals surface area (Å²) >= 11 is 1.20. The number of H-pyrrole nitrogens is 1. The topological polar surface area (TPSA) is 117 Å². The van der Waals surface area contributed by atoms with Gasteiger partial charge >= 0.3 is 11.9 Å². The number of hydrogen-bond acceptors (Lipinski definition) is 7. The highest BCUT2D eigenvalue weighted by molar-refractivity contribution is 7.20. The molecule has 3 N–H and O–H groups in total. The van der Waals surface area contributed by atoms with Gasteiger partial charge in [0.25, 0.3) is 0 Å². The number of hydrogen-bond donors (Lipinski definition) is 3. The van der Waals surface area contributed by atoms with Gasteiger partial charge in [0.15, 0.2) is 0 Å². The third-order valence-electron chi connectivity index (χ3n) is 4.81. The first-order valence-corrected chi connectivity index (χ1v) is 9.68. The zero-order chi connectivity index (χ0) is 20.5.